The van der Waals surface area contributed by atoms with Gasteiger partial charge in [0.1, 0.15) is 11.5 Å². The highest BCUT2D eigenvalue weighted by atomic mass is 16.5. The summed E-state index contributed by atoms with van der Waals surface area (Å²) in [6, 6.07) is 18.4. The standard InChI is InChI=1S/C20H26O/c1-3-17(4-2)9-8-10-18-13-15-20(16-14-18)21-19-11-6-5-7-12-19/h5-7,11-17H,3-4,8-10H2,1-2H3. The van der Waals surface area contributed by atoms with Crippen LogP contribution in [0.15, 0.2) is 54.6 Å². The first-order chi connectivity index (χ1) is 10.3. The van der Waals surface area contributed by atoms with Crippen LogP contribution in [0.4, 0.5) is 0 Å². The van der Waals surface area contributed by atoms with Crippen LogP contribution in [-0.2, 0) is 6.42 Å². The van der Waals surface area contributed by atoms with Gasteiger partial charge in [0.2, 0.25) is 0 Å². The van der Waals surface area contributed by atoms with Crippen LogP contribution in [0.5, 0.6) is 11.5 Å². The van der Waals surface area contributed by atoms with Crippen LogP contribution in [0, 0.1) is 5.92 Å². The van der Waals surface area contributed by atoms with Crippen LogP contribution in [0.1, 0.15) is 45.1 Å². The summed E-state index contributed by atoms with van der Waals surface area (Å²) in [5.74, 6) is 2.69. The first-order valence-electron chi connectivity index (χ1n) is 8.13. The second kappa shape index (κ2) is 8.51. The predicted octanol–water partition coefficient (Wildman–Crippen LogP) is 6.24. The van der Waals surface area contributed by atoms with E-state index in [1.54, 1.807) is 0 Å². The van der Waals surface area contributed by atoms with E-state index in [0.717, 1.165) is 17.4 Å². The van der Waals surface area contributed by atoms with Crippen LogP contribution in [0.25, 0.3) is 0 Å². The predicted molar refractivity (Wildman–Crippen MR) is 90.0 cm³/mol. The van der Waals surface area contributed by atoms with Gasteiger partial charge in [-0.25, -0.2) is 0 Å². The van der Waals surface area contributed by atoms with E-state index in [-0.39, 0.29) is 0 Å². The van der Waals surface area contributed by atoms with Crippen LogP contribution in [0.2, 0.25) is 0 Å². The molecule has 0 fully saturated rings. The van der Waals surface area contributed by atoms with Gasteiger partial charge >= 0.3 is 0 Å². The minimum atomic E-state index is 0.888. The molecule has 2 aromatic carbocycles. The Kier molecular flexibility index (Phi) is 6.33. The summed E-state index contributed by atoms with van der Waals surface area (Å²) in [4.78, 5) is 0. The van der Waals surface area contributed by atoms with Crippen molar-refractivity contribution >= 4 is 0 Å². The minimum Gasteiger partial charge on any atom is -0.457 e. The summed E-state index contributed by atoms with van der Waals surface area (Å²) in [6.07, 6.45) is 6.41. The number of aryl methyl sites for hydroxylation is 1. The molecule has 21 heavy (non-hydrogen) atoms. The van der Waals surface area contributed by atoms with Gasteiger partial charge in [-0.2, -0.15) is 0 Å². The normalized spacial score (nSPS) is 10.8. The van der Waals surface area contributed by atoms with Crippen molar-refractivity contribution in [2.45, 2.75) is 46.0 Å². The molecular formula is C20H26O. The Morgan fingerprint density at radius 3 is 2.05 bits per heavy atom. The van der Waals surface area contributed by atoms with E-state index in [4.69, 9.17) is 4.74 Å². The van der Waals surface area contributed by atoms with Gasteiger partial charge in [0.15, 0.2) is 0 Å². The number of rotatable bonds is 8. The molecule has 0 spiro atoms. The Bertz CT molecular complexity index is 497. The van der Waals surface area contributed by atoms with Gasteiger partial charge in [-0.15, -0.1) is 0 Å². The van der Waals surface area contributed by atoms with Crippen molar-refractivity contribution in [3.8, 4) is 11.5 Å². The number of para-hydroxylation sites is 1. The van der Waals surface area contributed by atoms with Crippen LogP contribution in [0.3, 0.4) is 0 Å². The Morgan fingerprint density at radius 1 is 0.810 bits per heavy atom. The molecule has 112 valence electrons. The second-order valence-corrected chi connectivity index (χ2v) is 5.63. The maximum Gasteiger partial charge on any atom is 0.127 e. The SMILES string of the molecule is CCC(CC)CCCc1ccc(Oc2ccccc2)cc1. The lowest BCUT2D eigenvalue weighted by molar-refractivity contribution is 0.441. The third kappa shape index (κ3) is 5.26. The molecule has 2 aromatic rings. The van der Waals surface area contributed by atoms with E-state index in [9.17, 15) is 0 Å². The number of hydrogen-bond acceptors (Lipinski definition) is 1. The summed E-state index contributed by atoms with van der Waals surface area (Å²) >= 11 is 0. The van der Waals surface area contributed by atoms with Gasteiger partial charge in [0.05, 0.1) is 0 Å². The molecule has 0 amide bonds. The first kappa shape index (κ1) is 15.6. The highest BCUT2D eigenvalue weighted by molar-refractivity contribution is 5.32. The van der Waals surface area contributed by atoms with Crippen LogP contribution >= 0.6 is 0 Å². The molecule has 0 aliphatic rings. The van der Waals surface area contributed by atoms with E-state index in [1.807, 2.05) is 30.3 Å². The lowest BCUT2D eigenvalue weighted by Crippen LogP contribution is -1.97. The van der Waals surface area contributed by atoms with Gasteiger partial charge in [-0.1, -0.05) is 63.4 Å². The van der Waals surface area contributed by atoms with Crippen molar-refractivity contribution in [1.29, 1.82) is 0 Å². The van der Waals surface area contributed by atoms with E-state index in [2.05, 4.69) is 38.1 Å². The fourth-order valence-corrected chi connectivity index (χ4v) is 2.64. The van der Waals surface area contributed by atoms with Crippen molar-refractivity contribution in [2.24, 2.45) is 5.92 Å². The number of hydrogen-bond donors (Lipinski definition) is 0. The molecule has 0 N–H and O–H groups in total. The third-order valence-corrected chi connectivity index (χ3v) is 4.13. The molecular weight excluding hydrogens is 256 g/mol. The monoisotopic (exact) mass is 282 g/mol. The van der Waals surface area contributed by atoms with Gasteiger partial charge in [-0.3, -0.25) is 0 Å². The molecule has 1 nitrogen and oxygen atoms in total. The molecule has 0 saturated carbocycles. The average Bonchev–Trinajstić information content (AvgIpc) is 2.54. The van der Waals surface area contributed by atoms with Gasteiger partial charge in [0, 0.05) is 0 Å². The van der Waals surface area contributed by atoms with Crippen molar-refractivity contribution in [3.05, 3.63) is 60.2 Å². The fraction of sp³-hybridized carbons (Fsp3) is 0.400. The maximum atomic E-state index is 5.81. The van der Waals surface area contributed by atoms with Gasteiger partial charge in [-0.05, 0) is 48.6 Å². The van der Waals surface area contributed by atoms with E-state index < -0.39 is 0 Å². The smallest absolute Gasteiger partial charge is 0.127 e. The number of ether oxygens (including phenoxy) is 1. The molecule has 0 saturated heterocycles. The van der Waals surface area contributed by atoms with Gasteiger partial charge < -0.3 is 4.74 Å². The largest absolute Gasteiger partial charge is 0.457 e. The summed E-state index contributed by atoms with van der Waals surface area (Å²) in [7, 11) is 0. The molecule has 0 aliphatic heterocycles. The highest BCUT2D eigenvalue weighted by Crippen LogP contribution is 2.22. The zero-order valence-electron chi connectivity index (χ0n) is 13.2. The summed E-state index contributed by atoms with van der Waals surface area (Å²) in [5, 5.41) is 0. The molecule has 0 unspecified atom stereocenters. The highest BCUT2D eigenvalue weighted by Gasteiger charge is 2.03. The van der Waals surface area contributed by atoms with Crippen LogP contribution in [-0.4, -0.2) is 0 Å². The fourth-order valence-electron chi connectivity index (χ4n) is 2.64. The zero-order chi connectivity index (χ0) is 14.9. The second-order valence-electron chi connectivity index (χ2n) is 5.63. The Morgan fingerprint density at radius 2 is 1.43 bits per heavy atom. The average molecular weight is 282 g/mol. The quantitative estimate of drug-likeness (QED) is 0.557. The molecule has 0 aromatic heterocycles. The Labute approximate surface area is 129 Å². The van der Waals surface area contributed by atoms with Crippen molar-refractivity contribution in [2.75, 3.05) is 0 Å². The summed E-state index contributed by atoms with van der Waals surface area (Å²) in [5.41, 5.74) is 1.40. The third-order valence-electron chi connectivity index (χ3n) is 4.13. The van der Waals surface area contributed by atoms with Gasteiger partial charge in [0.25, 0.3) is 0 Å². The molecule has 0 radical (unpaired) electrons. The molecule has 0 bridgehead atoms. The first-order valence-corrected chi connectivity index (χ1v) is 8.13. The summed E-state index contributed by atoms with van der Waals surface area (Å²) < 4.78 is 5.81. The van der Waals surface area contributed by atoms with Crippen molar-refractivity contribution < 1.29 is 4.74 Å². The Balaban J connectivity index is 1.82. The van der Waals surface area contributed by atoms with Crippen molar-refractivity contribution in [3.63, 3.8) is 0 Å². The molecule has 1 heteroatoms. The van der Waals surface area contributed by atoms with E-state index in [0.29, 0.717) is 0 Å². The lowest BCUT2D eigenvalue weighted by Gasteiger charge is -2.11. The van der Waals surface area contributed by atoms with E-state index >= 15 is 0 Å². The molecule has 0 atom stereocenters. The van der Waals surface area contributed by atoms with Crippen molar-refractivity contribution in [1.82, 2.24) is 0 Å². The topological polar surface area (TPSA) is 9.23 Å². The maximum absolute atomic E-state index is 5.81. The minimum absolute atomic E-state index is 0.888. The molecule has 2 rings (SSSR count). The molecule has 0 aliphatic carbocycles. The lowest BCUT2D eigenvalue weighted by atomic mass is 9.95. The van der Waals surface area contributed by atoms with E-state index in [1.165, 1.54) is 37.7 Å². The zero-order valence-corrected chi connectivity index (χ0v) is 13.2. The number of benzene rings is 2. The molecule has 0 heterocycles. The summed E-state index contributed by atoms with van der Waals surface area (Å²) in [6.45, 7) is 4.59. The Hall–Kier alpha value is -1.76. The van der Waals surface area contributed by atoms with Crippen LogP contribution < -0.4 is 4.74 Å².